The molecule has 1 aliphatic rings. The van der Waals surface area contributed by atoms with Gasteiger partial charge < -0.3 is 9.47 Å². The summed E-state index contributed by atoms with van der Waals surface area (Å²) >= 11 is 0. The molecule has 1 aliphatic heterocycles. The van der Waals surface area contributed by atoms with Gasteiger partial charge in [0.15, 0.2) is 5.70 Å². The molecule has 1 fully saturated rings. The minimum Gasteiger partial charge on any atom is -0.485 e. The van der Waals surface area contributed by atoms with Crippen molar-refractivity contribution in [2.45, 2.75) is 13.8 Å². The molecule has 7 heteroatoms. The summed E-state index contributed by atoms with van der Waals surface area (Å²) in [6.45, 7) is 3.60. The Hall–Kier alpha value is -2.05. The molecule has 0 atom stereocenters. The number of urea groups is 1. The van der Waals surface area contributed by atoms with E-state index < -0.39 is 17.9 Å². The maximum atomic E-state index is 11.4. The van der Waals surface area contributed by atoms with E-state index in [2.05, 4.69) is 5.32 Å². The number of hydrogen-bond donors (Lipinski definition) is 2. The lowest BCUT2D eigenvalue weighted by atomic mass is 10.3. The van der Waals surface area contributed by atoms with E-state index in [0.29, 0.717) is 0 Å². The van der Waals surface area contributed by atoms with Gasteiger partial charge in [0.05, 0.1) is 13.2 Å². The van der Waals surface area contributed by atoms with Crippen LogP contribution in [0.1, 0.15) is 13.8 Å². The van der Waals surface area contributed by atoms with Crippen LogP contribution in [0.5, 0.6) is 0 Å². The Kier molecular flexibility index (Phi) is 3.87. The summed E-state index contributed by atoms with van der Waals surface area (Å²) in [5, 5.41) is 4.15. The Balaban J connectivity index is 2.99. The summed E-state index contributed by atoms with van der Waals surface area (Å²) in [4.78, 5) is 33.6. The molecular formula is C9H12N2O5. The predicted octanol–water partition coefficient (Wildman–Crippen LogP) is -0.363. The quantitative estimate of drug-likeness (QED) is 0.296. The molecule has 16 heavy (non-hydrogen) atoms. The van der Waals surface area contributed by atoms with Crippen molar-refractivity contribution < 1.29 is 23.9 Å². The zero-order valence-corrected chi connectivity index (χ0v) is 8.96. The van der Waals surface area contributed by atoms with Gasteiger partial charge in [0.2, 0.25) is 5.76 Å². The SMILES string of the molecule is CCOC(=O)C(OCC)=C1NC(=O)NC1=O. The Morgan fingerprint density at radius 2 is 1.75 bits per heavy atom. The van der Waals surface area contributed by atoms with Crippen LogP contribution in [0.2, 0.25) is 0 Å². The molecular weight excluding hydrogens is 216 g/mol. The van der Waals surface area contributed by atoms with Gasteiger partial charge in [-0.3, -0.25) is 15.4 Å². The van der Waals surface area contributed by atoms with E-state index >= 15 is 0 Å². The van der Waals surface area contributed by atoms with E-state index in [1.807, 2.05) is 5.32 Å². The lowest BCUT2D eigenvalue weighted by molar-refractivity contribution is -0.143. The normalized spacial score (nSPS) is 17.6. The van der Waals surface area contributed by atoms with Crippen molar-refractivity contribution in [2.75, 3.05) is 13.2 Å². The fourth-order valence-corrected chi connectivity index (χ4v) is 1.10. The van der Waals surface area contributed by atoms with Crippen molar-refractivity contribution in [3.8, 4) is 0 Å². The third-order valence-electron chi connectivity index (χ3n) is 1.67. The molecule has 0 bridgehead atoms. The van der Waals surface area contributed by atoms with Gasteiger partial charge in [-0.15, -0.1) is 0 Å². The van der Waals surface area contributed by atoms with E-state index in [9.17, 15) is 14.4 Å². The van der Waals surface area contributed by atoms with Crippen LogP contribution in [0.25, 0.3) is 0 Å². The van der Waals surface area contributed by atoms with Crippen LogP contribution in [0.3, 0.4) is 0 Å². The highest BCUT2D eigenvalue weighted by atomic mass is 16.6. The average molecular weight is 228 g/mol. The molecule has 0 radical (unpaired) electrons. The molecule has 3 amide bonds. The van der Waals surface area contributed by atoms with Crippen LogP contribution >= 0.6 is 0 Å². The highest BCUT2D eigenvalue weighted by molar-refractivity contribution is 6.14. The second-order valence-corrected chi connectivity index (χ2v) is 2.77. The average Bonchev–Trinajstić information content (AvgIpc) is 2.54. The number of carbonyl (C=O) groups is 3. The molecule has 0 aromatic heterocycles. The third kappa shape index (κ3) is 2.50. The highest BCUT2D eigenvalue weighted by Gasteiger charge is 2.31. The molecule has 0 aromatic carbocycles. The Morgan fingerprint density at radius 1 is 1.12 bits per heavy atom. The fourth-order valence-electron chi connectivity index (χ4n) is 1.10. The number of hydrogen-bond acceptors (Lipinski definition) is 5. The van der Waals surface area contributed by atoms with Crippen LogP contribution in [0.4, 0.5) is 4.79 Å². The summed E-state index contributed by atoms with van der Waals surface area (Å²) in [6, 6.07) is -0.693. The van der Waals surface area contributed by atoms with Crippen LogP contribution in [0, 0.1) is 0 Å². The first-order chi connectivity index (χ1) is 7.60. The molecule has 2 N–H and O–H groups in total. The highest BCUT2D eigenvalue weighted by Crippen LogP contribution is 2.10. The summed E-state index contributed by atoms with van der Waals surface area (Å²) < 4.78 is 9.69. The van der Waals surface area contributed by atoms with Gasteiger partial charge in [-0.25, -0.2) is 9.59 Å². The number of esters is 1. The molecule has 0 aromatic rings. The Bertz CT molecular complexity index is 361. The van der Waals surface area contributed by atoms with Gasteiger partial charge in [-0.05, 0) is 13.8 Å². The summed E-state index contributed by atoms with van der Waals surface area (Å²) in [5.41, 5.74) is -0.217. The van der Waals surface area contributed by atoms with Crippen molar-refractivity contribution in [3.05, 3.63) is 11.5 Å². The topological polar surface area (TPSA) is 93.7 Å². The summed E-state index contributed by atoms with van der Waals surface area (Å²) in [6.07, 6.45) is 0. The fraction of sp³-hybridized carbons (Fsp3) is 0.444. The van der Waals surface area contributed by atoms with Crippen molar-refractivity contribution in [3.63, 3.8) is 0 Å². The van der Waals surface area contributed by atoms with E-state index in [1.54, 1.807) is 13.8 Å². The van der Waals surface area contributed by atoms with Crippen molar-refractivity contribution in [1.29, 1.82) is 0 Å². The molecule has 0 spiro atoms. The first kappa shape index (κ1) is 12.0. The lowest BCUT2D eigenvalue weighted by Gasteiger charge is -2.08. The molecule has 0 unspecified atom stereocenters. The van der Waals surface area contributed by atoms with Gasteiger partial charge in [0, 0.05) is 0 Å². The maximum absolute atomic E-state index is 11.4. The van der Waals surface area contributed by atoms with Crippen molar-refractivity contribution in [1.82, 2.24) is 10.6 Å². The van der Waals surface area contributed by atoms with Crippen LogP contribution in [-0.2, 0) is 19.1 Å². The summed E-state index contributed by atoms with van der Waals surface area (Å²) in [5.74, 6) is -1.77. The number of ether oxygens (including phenoxy) is 2. The molecule has 1 saturated heterocycles. The minimum atomic E-state index is -0.781. The zero-order valence-electron chi connectivity index (χ0n) is 8.96. The smallest absolute Gasteiger partial charge is 0.376 e. The largest absolute Gasteiger partial charge is 0.485 e. The van der Waals surface area contributed by atoms with E-state index in [0.717, 1.165) is 0 Å². The van der Waals surface area contributed by atoms with E-state index in [4.69, 9.17) is 9.47 Å². The number of carbonyl (C=O) groups excluding carboxylic acids is 3. The monoisotopic (exact) mass is 228 g/mol. The lowest BCUT2D eigenvalue weighted by Crippen LogP contribution is -2.22. The van der Waals surface area contributed by atoms with Gasteiger partial charge in [-0.2, -0.15) is 0 Å². The summed E-state index contributed by atoms with van der Waals surface area (Å²) in [7, 11) is 0. The third-order valence-corrected chi connectivity index (χ3v) is 1.67. The van der Waals surface area contributed by atoms with Gasteiger partial charge in [0.25, 0.3) is 5.91 Å². The van der Waals surface area contributed by atoms with Crippen LogP contribution in [0.15, 0.2) is 11.5 Å². The second kappa shape index (κ2) is 5.15. The van der Waals surface area contributed by atoms with Crippen LogP contribution < -0.4 is 10.6 Å². The number of nitrogens with one attached hydrogen (secondary N) is 2. The number of amides is 3. The molecule has 1 rings (SSSR count). The molecule has 1 heterocycles. The molecule has 7 nitrogen and oxygen atoms in total. The maximum Gasteiger partial charge on any atom is 0.376 e. The first-order valence-electron chi connectivity index (χ1n) is 4.76. The van der Waals surface area contributed by atoms with Gasteiger partial charge >= 0.3 is 12.0 Å². The van der Waals surface area contributed by atoms with E-state index in [1.165, 1.54) is 0 Å². The number of imide groups is 1. The van der Waals surface area contributed by atoms with Crippen LogP contribution in [-0.4, -0.2) is 31.1 Å². The van der Waals surface area contributed by atoms with Crippen molar-refractivity contribution >= 4 is 17.9 Å². The second-order valence-electron chi connectivity index (χ2n) is 2.77. The van der Waals surface area contributed by atoms with Gasteiger partial charge in [-0.1, -0.05) is 0 Å². The molecule has 0 saturated carbocycles. The first-order valence-corrected chi connectivity index (χ1v) is 4.76. The number of rotatable bonds is 4. The minimum absolute atomic E-state index is 0.151. The zero-order chi connectivity index (χ0) is 12.1. The Morgan fingerprint density at radius 3 is 2.19 bits per heavy atom. The van der Waals surface area contributed by atoms with Crippen molar-refractivity contribution in [2.24, 2.45) is 0 Å². The molecule has 0 aliphatic carbocycles. The Labute approximate surface area is 91.8 Å². The van der Waals surface area contributed by atoms with Gasteiger partial charge in [0.1, 0.15) is 0 Å². The predicted molar refractivity (Wildman–Crippen MR) is 52.0 cm³/mol. The van der Waals surface area contributed by atoms with E-state index in [-0.39, 0.29) is 24.7 Å². The standard InChI is InChI=1S/C9H12N2O5/c1-3-15-6(8(13)16-4-2)5-7(12)11-9(14)10-5/h3-4H2,1-2H3,(H2,10,11,12,14). The molecule has 88 valence electrons.